The van der Waals surface area contributed by atoms with Gasteiger partial charge in [-0.2, -0.15) is 0 Å². The summed E-state index contributed by atoms with van der Waals surface area (Å²) in [5, 5.41) is 4.53. The third-order valence-corrected chi connectivity index (χ3v) is 5.17. The largest absolute Gasteiger partial charge is 0.316 e. The van der Waals surface area contributed by atoms with Gasteiger partial charge in [0.2, 0.25) is 0 Å². The molecule has 3 nitrogen and oxygen atoms in total. The number of nitrogens with one attached hydrogen (secondary N) is 1. The Morgan fingerprint density at radius 3 is 2.50 bits per heavy atom. The van der Waals surface area contributed by atoms with Gasteiger partial charge in [-0.15, -0.1) is 11.3 Å². The molecule has 22 heavy (non-hydrogen) atoms. The molecule has 0 aliphatic rings. The molecular formula is C16H14ClN3S2. The molecule has 2 aromatic heterocycles. The van der Waals surface area contributed by atoms with Crippen LogP contribution in [-0.2, 0) is 0 Å². The average Bonchev–Trinajstić information content (AvgIpc) is 2.77. The van der Waals surface area contributed by atoms with E-state index in [0.717, 1.165) is 20.6 Å². The first kappa shape index (κ1) is 15.3. The number of thiazole rings is 1. The van der Waals surface area contributed by atoms with E-state index < -0.39 is 0 Å². The van der Waals surface area contributed by atoms with Gasteiger partial charge in [0, 0.05) is 14.7 Å². The van der Waals surface area contributed by atoms with Gasteiger partial charge in [-0.25, -0.2) is 9.97 Å². The minimum absolute atomic E-state index is 0.466. The van der Waals surface area contributed by atoms with Crippen LogP contribution in [0.25, 0.3) is 0 Å². The Kier molecular flexibility index (Phi) is 4.66. The molecule has 0 radical (unpaired) electrons. The summed E-state index contributed by atoms with van der Waals surface area (Å²) in [7, 11) is 0. The molecule has 1 aromatic carbocycles. The maximum Gasteiger partial charge on any atom is 0.188 e. The monoisotopic (exact) mass is 347 g/mol. The highest BCUT2D eigenvalue weighted by Gasteiger charge is 2.07. The molecule has 6 heteroatoms. The van der Waals surface area contributed by atoms with E-state index in [9.17, 15) is 0 Å². The second-order valence-electron chi connectivity index (χ2n) is 4.71. The third-order valence-electron chi connectivity index (χ3n) is 3.01. The van der Waals surface area contributed by atoms with E-state index in [0.29, 0.717) is 11.0 Å². The summed E-state index contributed by atoms with van der Waals surface area (Å²) >= 11 is 9.40. The Balaban J connectivity index is 1.83. The van der Waals surface area contributed by atoms with Crippen LogP contribution in [0.15, 0.2) is 52.3 Å². The Hall–Kier alpha value is -1.56. The number of anilines is 2. The van der Waals surface area contributed by atoms with Gasteiger partial charge in [-0.05, 0) is 38.1 Å². The quantitative estimate of drug-likeness (QED) is 0.614. The number of hydrogen-bond acceptors (Lipinski definition) is 5. The van der Waals surface area contributed by atoms with E-state index >= 15 is 0 Å². The number of aromatic nitrogens is 2. The molecule has 0 unspecified atom stereocenters. The van der Waals surface area contributed by atoms with Crippen LogP contribution < -0.4 is 5.32 Å². The maximum absolute atomic E-state index is 6.14. The van der Waals surface area contributed by atoms with Crippen molar-refractivity contribution in [3.8, 4) is 0 Å². The van der Waals surface area contributed by atoms with Gasteiger partial charge in [0.15, 0.2) is 5.13 Å². The van der Waals surface area contributed by atoms with Crippen LogP contribution in [0.1, 0.15) is 10.6 Å². The van der Waals surface area contributed by atoms with Crippen molar-refractivity contribution in [3.63, 3.8) is 0 Å². The van der Waals surface area contributed by atoms with Crippen LogP contribution in [0.2, 0.25) is 5.15 Å². The number of nitrogens with zero attached hydrogens (tertiary/aromatic N) is 2. The van der Waals surface area contributed by atoms with Crippen LogP contribution in [0.5, 0.6) is 0 Å². The van der Waals surface area contributed by atoms with E-state index in [2.05, 4.69) is 34.3 Å². The van der Waals surface area contributed by atoms with Crippen molar-refractivity contribution in [3.05, 3.63) is 58.2 Å². The summed E-state index contributed by atoms with van der Waals surface area (Å²) in [5.74, 6) is 0.708. The number of benzene rings is 1. The normalized spacial score (nSPS) is 10.7. The number of aryl methyl sites for hydroxylation is 2. The zero-order valence-electron chi connectivity index (χ0n) is 12.1. The molecule has 0 fully saturated rings. The van der Waals surface area contributed by atoms with Crippen molar-refractivity contribution < 1.29 is 0 Å². The van der Waals surface area contributed by atoms with E-state index in [1.807, 2.05) is 37.3 Å². The van der Waals surface area contributed by atoms with Crippen molar-refractivity contribution >= 4 is 45.6 Å². The molecule has 0 spiro atoms. The van der Waals surface area contributed by atoms with Crippen molar-refractivity contribution in [1.82, 2.24) is 9.97 Å². The van der Waals surface area contributed by atoms with E-state index in [1.165, 1.54) is 4.88 Å². The lowest BCUT2D eigenvalue weighted by Crippen LogP contribution is -1.94. The van der Waals surface area contributed by atoms with E-state index in [-0.39, 0.29) is 0 Å². The molecule has 3 rings (SSSR count). The first-order valence-electron chi connectivity index (χ1n) is 6.72. The highest BCUT2D eigenvalue weighted by molar-refractivity contribution is 7.99. The van der Waals surface area contributed by atoms with Gasteiger partial charge in [0.25, 0.3) is 0 Å². The smallest absolute Gasteiger partial charge is 0.188 e. The summed E-state index contributed by atoms with van der Waals surface area (Å²) in [6.45, 7) is 4.05. The van der Waals surface area contributed by atoms with E-state index in [1.54, 1.807) is 23.1 Å². The summed E-state index contributed by atoms with van der Waals surface area (Å²) in [6.07, 6.45) is 0. The van der Waals surface area contributed by atoms with Crippen LogP contribution in [0.3, 0.4) is 0 Å². The molecule has 0 bridgehead atoms. The lowest BCUT2D eigenvalue weighted by Gasteiger charge is -2.06. The lowest BCUT2D eigenvalue weighted by atomic mass is 10.4. The van der Waals surface area contributed by atoms with Crippen molar-refractivity contribution in [2.24, 2.45) is 0 Å². The topological polar surface area (TPSA) is 37.8 Å². The molecule has 1 N–H and O–H groups in total. The van der Waals surface area contributed by atoms with E-state index in [4.69, 9.17) is 11.6 Å². The van der Waals surface area contributed by atoms with Crippen LogP contribution in [0, 0.1) is 13.8 Å². The van der Waals surface area contributed by atoms with Gasteiger partial charge in [0.1, 0.15) is 11.0 Å². The Morgan fingerprint density at radius 2 is 1.82 bits per heavy atom. The number of rotatable bonds is 4. The van der Waals surface area contributed by atoms with Crippen molar-refractivity contribution in [1.29, 1.82) is 0 Å². The van der Waals surface area contributed by atoms with Crippen LogP contribution >= 0.6 is 34.7 Å². The predicted octanol–water partition coefficient (Wildman–Crippen LogP) is 5.70. The molecule has 3 aromatic rings. The standard InChI is InChI=1S/C16H14ClN3S2/c1-10-11(2)21-16(18-10)20-15-9-13(8-14(17)19-15)22-12-6-4-3-5-7-12/h3-9H,1-2H3,(H,18,19,20). The summed E-state index contributed by atoms with van der Waals surface area (Å²) in [6, 6.07) is 14.0. The maximum atomic E-state index is 6.14. The third kappa shape index (κ3) is 3.80. The number of hydrogen-bond donors (Lipinski definition) is 1. The second kappa shape index (κ2) is 6.69. The second-order valence-corrected chi connectivity index (χ2v) is 7.45. The molecular weight excluding hydrogens is 334 g/mol. The highest BCUT2D eigenvalue weighted by Crippen LogP contribution is 2.32. The first-order chi connectivity index (χ1) is 10.6. The molecule has 0 aliphatic heterocycles. The van der Waals surface area contributed by atoms with Crippen LogP contribution in [-0.4, -0.2) is 9.97 Å². The molecule has 112 valence electrons. The molecule has 0 saturated carbocycles. The van der Waals surface area contributed by atoms with Gasteiger partial charge in [-0.1, -0.05) is 41.6 Å². The summed E-state index contributed by atoms with van der Waals surface area (Å²) in [4.78, 5) is 12.2. The highest BCUT2D eigenvalue weighted by atomic mass is 35.5. The Labute approximate surface area is 142 Å². The molecule has 0 saturated heterocycles. The van der Waals surface area contributed by atoms with Crippen LogP contribution in [0.4, 0.5) is 10.9 Å². The fraction of sp³-hybridized carbons (Fsp3) is 0.125. The minimum Gasteiger partial charge on any atom is -0.316 e. The zero-order chi connectivity index (χ0) is 15.5. The average molecular weight is 348 g/mol. The van der Waals surface area contributed by atoms with Gasteiger partial charge in [0.05, 0.1) is 5.69 Å². The van der Waals surface area contributed by atoms with Gasteiger partial charge < -0.3 is 5.32 Å². The van der Waals surface area contributed by atoms with Gasteiger partial charge in [-0.3, -0.25) is 0 Å². The first-order valence-corrected chi connectivity index (χ1v) is 8.73. The van der Waals surface area contributed by atoms with Gasteiger partial charge >= 0.3 is 0 Å². The molecule has 0 atom stereocenters. The Bertz CT molecular complexity index is 768. The summed E-state index contributed by atoms with van der Waals surface area (Å²) in [5.41, 5.74) is 1.04. The minimum atomic E-state index is 0.466. The predicted molar refractivity (Wildman–Crippen MR) is 94.7 cm³/mol. The zero-order valence-corrected chi connectivity index (χ0v) is 14.5. The number of pyridine rings is 1. The molecule has 0 amide bonds. The summed E-state index contributed by atoms with van der Waals surface area (Å²) < 4.78 is 0. The number of halogens is 1. The Morgan fingerprint density at radius 1 is 1.05 bits per heavy atom. The molecule has 2 heterocycles. The molecule has 0 aliphatic carbocycles. The van der Waals surface area contributed by atoms with Crippen molar-refractivity contribution in [2.75, 3.05) is 5.32 Å². The fourth-order valence-corrected chi connectivity index (χ4v) is 3.86. The SMILES string of the molecule is Cc1nc(Nc2cc(Sc3ccccc3)cc(Cl)n2)sc1C. The van der Waals surface area contributed by atoms with Crippen molar-refractivity contribution in [2.45, 2.75) is 23.6 Å². The fourth-order valence-electron chi connectivity index (χ4n) is 1.86. The lowest BCUT2D eigenvalue weighted by molar-refractivity contribution is 1.20.